The number of H-pyrrole nitrogens is 1. The third kappa shape index (κ3) is 3.59. The third-order valence-corrected chi connectivity index (χ3v) is 4.94. The Morgan fingerprint density at radius 1 is 0.926 bits per heavy atom. The van der Waals surface area contributed by atoms with Gasteiger partial charge in [0.05, 0.1) is 6.42 Å². The summed E-state index contributed by atoms with van der Waals surface area (Å²) >= 11 is 0. The van der Waals surface area contributed by atoms with Gasteiger partial charge >= 0.3 is 0 Å². The van der Waals surface area contributed by atoms with Gasteiger partial charge in [0.1, 0.15) is 0 Å². The largest absolute Gasteiger partial charge is 0.358 e. The Balaban J connectivity index is 1.55. The van der Waals surface area contributed by atoms with Crippen molar-refractivity contribution in [3.63, 3.8) is 0 Å². The molecule has 0 saturated carbocycles. The Morgan fingerprint density at radius 2 is 1.70 bits per heavy atom. The summed E-state index contributed by atoms with van der Waals surface area (Å²) in [4.78, 5) is 16.1. The molecule has 0 aliphatic rings. The molecule has 27 heavy (non-hydrogen) atoms. The van der Waals surface area contributed by atoms with E-state index in [0.29, 0.717) is 6.42 Å². The molecule has 2 N–H and O–H groups in total. The summed E-state index contributed by atoms with van der Waals surface area (Å²) in [5, 5.41) is 6.45. The Bertz CT molecular complexity index is 1130. The Kier molecular flexibility index (Phi) is 4.23. The predicted molar refractivity (Wildman–Crippen MR) is 113 cm³/mol. The van der Waals surface area contributed by atoms with Gasteiger partial charge in [-0.2, -0.15) is 0 Å². The van der Waals surface area contributed by atoms with Crippen molar-refractivity contribution in [2.24, 2.45) is 0 Å². The lowest BCUT2D eigenvalue weighted by molar-refractivity contribution is -0.115. The van der Waals surface area contributed by atoms with E-state index in [-0.39, 0.29) is 11.3 Å². The normalized spacial score (nSPS) is 11.8. The van der Waals surface area contributed by atoms with E-state index in [2.05, 4.69) is 55.3 Å². The smallest absolute Gasteiger partial charge is 0.228 e. The van der Waals surface area contributed by atoms with E-state index in [1.54, 1.807) is 0 Å². The summed E-state index contributed by atoms with van der Waals surface area (Å²) in [5.41, 5.74) is 4.22. The van der Waals surface area contributed by atoms with Gasteiger partial charge in [0.2, 0.25) is 5.91 Å². The van der Waals surface area contributed by atoms with Crippen LogP contribution in [0.5, 0.6) is 0 Å². The monoisotopic (exact) mass is 356 g/mol. The summed E-state index contributed by atoms with van der Waals surface area (Å²) in [6.07, 6.45) is 0.361. The molecule has 4 rings (SSSR count). The molecule has 1 aromatic heterocycles. The second kappa shape index (κ2) is 6.58. The van der Waals surface area contributed by atoms with Gasteiger partial charge in [0, 0.05) is 27.7 Å². The molecule has 0 aliphatic carbocycles. The number of rotatable bonds is 3. The summed E-state index contributed by atoms with van der Waals surface area (Å²) < 4.78 is 0. The van der Waals surface area contributed by atoms with Crippen molar-refractivity contribution in [1.82, 2.24) is 4.98 Å². The molecular weight excluding hydrogens is 332 g/mol. The Morgan fingerprint density at radius 3 is 2.52 bits per heavy atom. The van der Waals surface area contributed by atoms with Crippen molar-refractivity contribution >= 4 is 33.3 Å². The highest BCUT2D eigenvalue weighted by Crippen LogP contribution is 2.27. The number of carbonyl (C=O) groups excluding carboxylic acids is 1. The van der Waals surface area contributed by atoms with Crippen molar-refractivity contribution < 1.29 is 4.79 Å². The first-order chi connectivity index (χ1) is 12.9. The molecule has 0 bridgehead atoms. The Hall–Kier alpha value is -3.07. The maximum atomic E-state index is 12.6. The summed E-state index contributed by atoms with van der Waals surface area (Å²) in [6.45, 7) is 6.56. The van der Waals surface area contributed by atoms with Crippen LogP contribution in [-0.4, -0.2) is 10.9 Å². The molecule has 0 spiro atoms. The highest BCUT2D eigenvalue weighted by molar-refractivity contribution is 5.97. The zero-order valence-corrected chi connectivity index (χ0v) is 16.0. The number of aromatic nitrogens is 1. The van der Waals surface area contributed by atoms with E-state index in [9.17, 15) is 4.79 Å². The lowest BCUT2D eigenvalue weighted by atomic mass is 9.92. The predicted octanol–water partition coefficient (Wildman–Crippen LogP) is 5.80. The molecule has 1 heterocycles. The summed E-state index contributed by atoms with van der Waals surface area (Å²) in [5.74, 6) is -0.00252. The number of anilines is 1. The van der Waals surface area contributed by atoms with Gasteiger partial charge in [-0.3, -0.25) is 4.79 Å². The molecule has 3 aromatic carbocycles. The van der Waals surface area contributed by atoms with Crippen molar-refractivity contribution in [2.45, 2.75) is 32.6 Å². The van der Waals surface area contributed by atoms with Gasteiger partial charge in [-0.1, -0.05) is 63.2 Å². The second-order valence-corrected chi connectivity index (χ2v) is 8.10. The van der Waals surface area contributed by atoms with Crippen LogP contribution in [0.15, 0.2) is 66.7 Å². The lowest BCUT2D eigenvalue weighted by Crippen LogP contribution is -2.14. The molecule has 0 fully saturated rings. The highest BCUT2D eigenvalue weighted by atomic mass is 16.1. The molecule has 0 unspecified atom stereocenters. The number of benzene rings is 3. The maximum Gasteiger partial charge on any atom is 0.228 e. The first-order valence-corrected chi connectivity index (χ1v) is 9.30. The maximum absolute atomic E-state index is 12.6. The zero-order chi connectivity index (χ0) is 19.0. The van der Waals surface area contributed by atoms with E-state index >= 15 is 0 Å². The van der Waals surface area contributed by atoms with Crippen molar-refractivity contribution in [2.75, 3.05) is 5.32 Å². The molecular formula is C24H24N2O. The number of nitrogens with one attached hydrogen (secondary N) is 2. The first kappa shape index (κ1) is 17.3. The van der Waals surface area contributed by atoms with Gasteiger partial charge in [0.15, 0.2) is 0 Å². The summed E-state index contributed by atoms with van der Waals surface area (Å²) in [7, 11) is 0. The Labute approximate surface area is 159 Å². The summed E-state index contributed by atoms with van der Waals surface area (Å²) in [6, 6.07) is 22.4. The standard InChI is InChI=1S/C24H24N2O/c1-24(2,3)22-14-18-13-19(11-12-21(18)26-22)25-23(27)15-17-9-6-8-16-7-4-5-10-20(16)17/h4-14,26H,15H2,1-3H3,(H,25,27). The van der Waals surface area contributed by atoms with Crippen LogP contribution in [0.1, 0.15) is 32.0 Å². The average molecular weight is 356 g/mol. The van der Waals surface area contributed by atoms with Crippen LogP contribution in [0.25, 0.3) is 21.7 Å². The van der Waals surface area contributed by atoms with Gasteiger partial charge in [0.25, 0.3) is 0 Å². The topological polar surface area (TPSA) is 44.9 Å². The molecule has 0 radical (unpaired) electrons. The fourth-order valence-corrected chi connectivity index (χ4v) is 3.44. The molecule has 3 nitrogen and oxygen atoms in total. The van der Waals surface area contributed by atoms with Crippen LogP contribution in [-0.2, 0) is 16.6 Å². The number of hydrogen-bond acceptors (Lipinski definition) is 1. The lowest BCUT2D eigenvalue weighted by Gasteiger charge is -2.15. The molecule has 0 saturated heterocycles. The van der Waals surface area contributed by atoms with Crippen molar-refractivity contribution in [1.29, 1.82) is 0 Å². The van der Waals surface area contributed by atoms with Gasteiger partial charge < -0.3 is 10.3 Å². The molecule has 1 amide bonds. The molecule has 3 heteroatoms. The van der Waals surface area contributed by atoms with E-state index < -0.39 is 0 Å². The van der Waals surface area contributed by atoms with E-state index in [4.69, 9.17) is 0 Å². The second-order valence-electron chi connectivity index (χ2n) is 8.10. The van der Waals surface area contributed by atoms with Gasteiger partial charge in [-0.05, 0) is 40.6 Å². The fraction of sp³-hybridized carbons (Fsp3) is 0.208. The molecule has 0 atom stereocenters. The van der Waals surface area contributed by atoms with Crippen molar-refractivity contribution in [3.8, 4) is 0 Å². The van der Waals surface area contributed by atoms with Crippen LogP contribution in [0, 0.1) is 0 Å². The SMILES string of the molecule is CC(C)(C)c1cc2cc(NC(=O)Cc3cccc4ccccc34)ccc2[nH]1. The first-order valence-electron chi connectivity index (χ1n) is 9.30. The molecule has 4 aromatic rings. The zero-order valence-electron chi connectivity index (χ0n) is 16.0. The van der Waals surface area contributed by atoms with Crippen molar-refractivity contribution in [3.05, 3.63) is 78.0 Å². The minimum Gasteiger partial charge on any atom is -0.358 e. The van der Waals surface area contributed by atoms with Crippen LogP contribution in [0.2, 0.25) is 0 Å². The third-order valence-electron chi connectivity index (χ3n) is 4.94. The number of amides is 1. The van der Waals surface area contributed by atoms with E-state index in [1.807, 2.05) is 42.5 Å². The average Bonchev–Trinajstić information content (AvgIpc) is 3.06. The fourth-order valence-electron chi connectivity index (χ4n) is 3.44. The minimum absolute atomic E-state index is 0.00252. The minimum atomic E-state index is -0.00252. The molecule has 136 valence electrons. The quantitative estimate of drug-likeness (QED) is 0.479. The van der Waals surface area contributed by atoms with Crippen LogP contribution < -0.4 is 5.32 Å². The van der Waals surface area contributed by atoms with Crippen LogP contribution >= 0.6 is 0 Å². The number of carbonyl (C=O) groups is 1. The van der Waals surface area contributed by atoms with Crippen LogP contribution in [0.4, 0.5) is 5.69 Å². The number of fused-ring (bicyclic) bond motifs is 2. The van der Waals surface area contributed by atoms with Gasteiger partial charge in [-0.15, -0.1) is 0 Å². The van der Waals surface area contributed by atoms with Gasteiger partial charge in [-0.25, -0.2) is 0 Å². The highest BCUT2D eigenvalue weighted by Gasteiger charge is 2.16. The number of aromatic amines is 1. The number of hydrogen-bond donors (Lipinski definition) is 2. The van der Waals surface area contributed by atoms with Crippen LogP contribution in [0.3, 0.4) is 0 Å². The molecule has 0 aliphatic heterocycles. The van der Waals surface area contributed by atoms with E-state index in [0.717, 1.165) is 32.9 Å². The van der Waals surface area contributed by atoms with E-state index in [1.165, 1.54) is 5.69 Å².